The van der Waals surface area contributed by atoms with Crippen molar-refractivity contribution in [2.45, 2.75) is 13.3 Å². The largest absolute Gasteiger partial charge is 0.450 e. The molecular formula is C8H13NO2. The second-order valence-electron chi connectivity index (χ2n) is 3.36. The summed E-state index contributed by atoms with van der Waals surface area (Å²) in [6, 6.07) is 0. The summed E-state index contributed by atoms with van der Waals surface area (Å²) in [7, 11) is 0. The number of hydrogen-bond donors (Lipinski definition) is 0. The monoisotopic (exact) mass is 155 g/mol. The summed E-state index contributed by atoms with van der Waals surface area (Å²) >= 11 is 0. The van der Waals surface area contributed by atoms with Crippen molar-refractivity contribution < 1.29 is 9.53 Å². The maximum atomic E-state index is 11.1. The molecule has 2 fully saturated rings. The van der Waals surface area contributed by atoms with E-state index in [0.717, 1.165) is 24.9 Å². The highest BCUT2D eigenvalue weighted by molar-refractivity contribution is 5.68. The van der Waals surface area contributed by atoms with Crippen LogP contribution in [0.25, 0.3) is 0 Å². The number of carbonyl (C=O) groups is 1. The summed E-state index contributed by atoms with van der Waals surface area (Å²) in [5.41, 5.74) is 0. The molecule has 1 saturated heterocycles. The fourth-order valence-corrected chi connectivity index (χ4v) is 1.76. The van der Waals surface area contributed by atoms with Crippen molar-refractivity contribution in [2.24, 2.45) is 11.8 Å². The van der Waals surface area contributed by atoms with Crippen molar-refractivity contribution in [3.05, 3.63) is 0 Å². The van der Waals surface area contributed by atoms with E-state index in [1.165, 1.54) is 6.42 Å². The molecule has 1 saturated carbocycles. The first kappa shape index (κ1) is 6.95. The van der Waals surface area contributed by atoms with Gasteiger partial charge in [0.05, 0.1) is 6.61 Å². The third kappa shape index (κ3) is 1.19. The third-order valence-corrected chi connectivity index (χ3v) is 2.50. The Morgan fingerprint density at radius 3 is 2.73 bits per heavy atom. The van der Waals surface area contributed by atoms with E-state index in [1.807, 2.05) is 11.8 Å². The SMILES string of the molecule is CCOC(=O)N1C[C@H]2C[C@H]2C1. The Labute approximate surface area is 66.3 Å². The van der Waals surface area contributed by atoms with Gasteiger partial charge in [0.2, 0.25) is 0 Å². The molecule has 0 bridgehead atoms. The van der Waals surface area contributed by atoms with Crippen molar-refractivity contribution >= 4 is 6.09 Å². The minimum Gasteiger partial charge on any atom is -0.450 e. The van der Waals surface area contributed by atoms with Crippen LogP contribution in [-0.4, -0.2) is 30.7 Å². The molecule has 1 heterocycles. The van der Waals surface area contributed by atoms with Gasteiger partial charge in [-0.15, -0.1) is 0 Å². The molecule has 0 aromatic rings. The molecule has 1 aliphatic carbocycles. The van der Waals surface area contributed by atoms with Crippen LogP contribution in [-0.2, 0) is 4.74 Å². The predicted molar refractivity (Wildman–Crippen MR) is 40.2 cm³/mol. The number of carbonyl (C=O) groups excluding carboxylic acids is 1. The number of nitrogens with zero attached hydrogens (tertiary/aromatic N) is 1. The number of likely N-dealkylation sites (tertiary alicyclic amines) is 1. The number of piperidine rings is 1. The Bertz CT molecular complexity index is 171. The Balaban J connectivity index is 1.82. The van der Waals surface area contributed by atoms with Crippen LogP contribution in [0.15, 0.2) is 0 Å². The van der Waals surface area contributed by atoms with Gasteiger partial charge < -0.3 is 9.64 Å². The van der Waals surface area contributed by atoms with Crippen LogP contribution in [0.3, 0.4) is 0 Å². The predicted octanol–water partition coefficient (Wildman–Crippen LogP) is 1.09. The second-order valence-corrected chi connectivity index (χ2v) is 3.36. The Kier molecular flexibility index (Phi) is 1.51. The summed E-state index contributed by atoms with van der Waals surface area (Å²) < 4.78 is 4.88. The number of fused-ring (bicyclic) bond motifs is 1. The third-order valence-electron chi connectivity index (χ3n) is 2.50. The van der Waals surface area contributed by atoms with Crippen LogP contribution in [0, 0.1) is 11.8 Å². The quantitative estimate of drug-likeness (QED) is 0.567. The smallest absolute Gasteiger partial charge is 0.409 e. The molecule has 0 N–H and O–H groups in total. The lowest BCUT2D eigenvalue weighted by atomic mass is 10.4. The van der Waals surface area contributed by atoms with Crippen LogP contribution in [0.4, 0.5) is 4.79 Å². The zero-order valence-electron chi connectivity index (χ0n) is 6.75. The Morgan fingerprint density at radius 2 is 2.18 bits per heavy atom. The van der Waals surface area contributed by atoms with Gasteiger partial charge >= 0.3 is 6.09 Å². The van der Waals surface area contributed by atoms with E-state index < -0.39 is 0 Å². The lowest BCUT2D eigenvalue weighted by Crippen LogP contribution is -2.30. The molecule has 1 aliphatic heterocycles. The standard InChI is InChI=1S/C8H13NO2/c1-2-11-8(10)9-4-6-3-7(6)5-9/h6-7H,2-5H2,1H3/t6-,7+. The first-order valence-corrected chi connectivity index (χ1v) is 4.23. The van der Waals surface area contributed by atoms with Gasteiger partial charge in [-0.1, -0.05) is 0 Å². The Hall–Kier alpha value is -0.730. The van der Waals surface area contributed by atoms with Crippen molar-refractivity contribution in [1.82, 2.24) is 4.90 Å². The van der Waals surface area contributed by atoms with Gasteiger partial charge in [0, 0.05) is 13.1 Å². The fourth-order valence-electron chi connectivity index (χ4n) is 1.76. The van der Waals surface area contributed by atoms with Crippen LogP contribution in [0.5, 0.6) is 0 Å². The van der Waals surface area contributed by atoms with Gasteiger partial charge in [0.25, 0.3) is 0 Å². The van der Waals surface area contributed by atoms with Gasteiger partial charge in [0.15, 0.2) is 0 Å². The minimum absolute atomic E-state index is 0.125. The van der Waals surface area contributed by atoms with E-state index in [9.17, 15) is 4.79 Å². The molecule has 0 aromatic heterocycles. The highest BCUT2D eigenvalue weighted by Crippen LogP contribution is 2.44. The molecule has 1 amide bonds. The van der Waals surface area contributed by atoms with Crippen molar-refractivity contribution in [3.63, 3.8) is 0 Å². The molecule has 3 nitrogen and oxygen atoms in total. The number of amides is 1. The molecule has 2 aliphatic rings. The normalized spacial score (nSPS) is 33.4. The number of rotatable bonds is 1. The van der Waals surface area contributed by atoms with Gasteiger partial charge in [-0.25, -0.2) is 4.79 Å². The summed E-state index contributed by atoms with van der Waals surface area (Å²) in [4.78, 5) is 12.9. The average Bonchev–Trinajstić information content (AvgIpc) is 2.59. The van der Waals surface area contributed by atoms with E-state index in [-0.39, 0.29) is 6.09 Å². The van der Waals surface area contributed by atoms with E-state index in [1.54, 1.807) is 0 Å². The second kappa shape index (κ2) is 2.40. The maximum absolute atomic E-state index is 11.1. The van der Waals surface area contributed by atoms with E-state index in [2.05, 4.69) is 0 Å². The molecule has 2 atom stereocenters. The molecule has 3 heteroatoms. The zero-order chi connectivity index (χ0) is 7.84. The summed E-state index contributed by atoms with van der Waals surface area (Å²) in [5.74, 6) is 1.61. The lowest BCUT2D eigenvalue weighted by molar-refractivity contribution is 0.112. The van der Waals surface area contributed by atoms with Crippen LogP contribution < -0.4 is 0 Å². The van der Waals surface area contributed by atoms with Gasteiger partial charge in [-0.3, -0.25) is 0 Å². The summed E-state index contributed by atoms with van der Waals surface area (Å²) in [6.45, 7) is 4.20. The minimum atomic E-state index is -0.125. The molecule has 0 spiro atoms. The molecular weight excluding hydrogens is 142 g/mol. The van der Waals surface area contributed by atoms with Gasteiger partial charge in [-0.05, 0) is 25.2 Å². The summed E-state index contributed by atoms with van der Waals surface area (Å²) in [6.07, 6.45) is 1.20. The maximum Gasteiger partial charge on any atom is 0.409 e. The first-order chi connectivity index (χ1) is 5.31. The molecule has 0 radical (unpaired) electrons. The lowest BCUT2D eigenvalue weighted by Gasteiger charge is -2.16. The van der Waals surface area contributed by atoms with E-state index in [0.29, 0.717) is 6.61 Å². The van der Waals surface area contributed by atoms with Crippen molar-refractivity contribution in [3.8, 4) is 0 Å². The molecule has 0 aromatic carbocycles. The van der Waals surface area contributed by atoms with E-state index in [4.69, 9.17) is 4.74 Å². The molecule has 62 valence electrons. The van der Waals surface area contributed by atoms with Crippen molar-refractivity contribution in [1.29, 1.82) is 0 Å². The van der Waals surface area contributed by atoms with Gasteiger partial charge in [0.1, 0.15) is 0 Å². The first-order valence-electron chi connectivity index (χ1n) is 4.23. The average molecular weight is 155 g/mol. The Morgan fingerprint density at radius 1 is 1.55 bits per heavy atom. The fraction of sp³-hybridized carbons (Fsp3) is 0.875. The van der Waals surface area contributed by atoms with Crippen LogP contribution in [0.1, 0.15) is 13.3 Å². The topological polar surface area (TPSA) is 29.5 Å². The highest BCUT2D eigenvalue weighted by Gasteiger charge is 2.46. The zero-order valence-corrected chi connectivity index (χ0v) is 6.75. The van der Waals surface area contributed by atoms with Crippen LogP contribution >= 0.6 is 0 Å². The molecule has 0 unspecified atom stereocenters. The molecule has 11 heavy (non-hydrogen) atoms. The number of ether oxygens (including phenoxy) is 1. The number of hydrogen-bond acceptors (Lipinski definition) is 2. The summed E-state index contributed by atoms with van der Waals surface area (Å²) in [5, 5.41) is 0. The molecule has 2 rings (SSSR count). The van der Waals surface area contributed by atoms with E-state index >= 15 is 0 Å². The van der Waals surface area contributed by atoms with Crippen LogP contribution in [0.2, 0.25) is 0 Å². The van der Waals surface area contributed by atoms with Crippen molar-refractivity contribution in [2.75, 3.05) is 19.7 Å². The highest BCUT2D eigenvalue weighted by atomic mass is 16.6. The van der Waals surface area contributed by atoms with Gasteiger partial charge in [-0.2, -0.15) is 0 Å².